The average Bonchev–Trinajstić information content (AvgIpc) is 2.99. The zero-order valence-corrected chi connectivity index (χ0v) is 12.5. The lowest BCUT2D eigenvalue weighted by molar-refractivity contribution is 0.433. The number of nitrogen functional groups attached to an aromatic ring is 1. The van der Waals surface area contributed by atoms with Gasteiger partial charge in [-0.15, -0.1) is 11.3 Å². The van der Waals surface area contributed by atoms with Gasteiger partial charge >= 0.3 is 0 Å². The molecule has 4 nitrogen and oxygen atoms in total. The van der Waals surface area contributed by atoms with Crippen molar-refractivity contribution in [1.29, 1.82) is 0 Å². The molecule has 0 bridgehead atoms. The largest absolute Gasteiger partial charge is 0.397 e. The molecule has 0 radical (unpaired) electrons. The molecule has 2 aromatic heterocycles. The van der Waals surface area contributed by atoms with E-state index in [0.29, 0.717) is 17.4 Å². The summed E-state index contributed by atoms with van der Waals surface area (Å²) >= 11 is 4.90. The second-order valence-electron chi connectivity index (χ2n) is 4.09. The van der Waals surface area contributed by atoms with Crippen LogP contribution in [0.1, 0.15) is 5.56 Å². The van der Waals surface area contributed by atoms with Crippen molar-refractivity contribution >= 4 is 33.0 Å². The molecule has 1 aromatic carbocycles. The zero-order valence-electron chi connectivity index (χ0n) is 10.1. The number of rotatable bonds is 2. The number of nitrogens with two attached hydrogens (primary N) is 1. The van der Waals surface area contributed by atoms with E-state index in [1.54, 1.807) is 0 Å². The highest BCUT2D eigenvalue weighted by Crippen LogP contribution is 2.34. The highest BCUT2D eigenvalue weighted by atomic mass is 79.9. The zero-order chi connectivity index (χ0) is 13.4. The Bertz CT molecular complexity index is 718. The molecule has 96 valence electrons. The smallest absolute Gasteiger partial charge is 0.270 e. The van der Waals surface area contributed by atoms with Crippen LogP contribution in [-0.2, 0) is 0 Å². The van der Waals surface area contributed by atoms with Crippen LogP contribution in [0.3, 0.4) is 0 Å². The number of aromatic nitrogens is 2. The number of thiophene rings is 1. The van der Waals surface area contributed by atoms with Crippen molar-refractivity contribution in [2.45, 2.75) is 6.92 Å². The van der Waals surface area contributed by atoms with Crippen LogP contribution >= 0.6 is 27.3 Å². The number of nitrogens with zero attached hydrogens (tertiary/aromatic N) is 2. The summed E-state index contributed by atoms with van der Waals surface area (Å²) in [7, 11) is 0. The molecule has 0 unspecified atom stereocenters. The Morgan fingerprint density at radius 2 is 2.00 bits per heavy atom. The van der Waals surface area contributed by atoms with E-state index in [0.717, 1.165) is 20.5 Å². The first-order valence-corrected chi connectivity index (χ1v) is 7.26. The Labute approximate surface area is 122 Å². The van der Waals surface area contributed by atoms with Gasteiger partial charge in [0.15, 0.2) is 0 Å². The third kappa shape index (κ3) is 2.29. The Hall–Kier alpha value is -1.66. The number of anilines is 1. The molecule has 0 fully saturated rings. The molecule has 2 heterocycles. The minimum atomic E-state index is 0.466. The van der Waals surface area contributed by atoms with E-state index in [1.807, 2.05) is 36.6 Å². The summed E-state index contributed by atoms with van der Waals surface area (Å²) in [6.45, 7) is 1.96. The Morgan fingerprint density at radius 3 is 2.63 bits per heavy atom. The van der Waals surface area contributed by atoms with E-state index in [1.165, 1.54) is 11.3 Å². The maximum absolute atomic E-state index is 5.98. The number of benzene rings is 1. The van der Waals surface area contributed by atoms with Gasteiger partial charge in [-0.2, -0.15) is 4.98 Å². The van der Waals surface area contributed by atoms with Crippen LogP contribution in [0.2, 0.25) is 0 Å². The van der Waals surface area contributed by atoms with E-state index in [-0.39, 0.29) is 0 Å². The van der Waals surface area contributed by atoms with E-state index < -0.39 is 0 Å². The van der Waals surface area contributed by atoms with E-state index in [9.17, 15) is 0 Å². The average molecular weight is 336 g/mol. The minimum Gasteiger partial charge on any atom is -0.397 e. The molecule has 0 aliphatic carbocycles. The molecule has 0 amide bonds. The lowest BCUT2D eigenvalue weighted by Gasteiger charge is -1.94. The van der Waals surface area contributed by atoms with Gasteiger partial charge < -0.3 is 10.3 Å². The molecule has 6 heteroatoms. The Kier molecular flexibility index (Phi) is 3.12. The predicted octanol–water partition coefficient (Wildman–Crippen LogP) is 4.12. The molecule has 0 saturated heterocycles. The molecule has 3 rings (SSSR count). The van der Waals surface area contributed by atoms with Crippen LogP contribution in [0.4, 0.5) is 5.69 Å². The first kappa shape index (κ1) is 12.4. The molecular weight excluding hydrogens is 326 g/mol. The van der Waals surface area contributed by atoms with Gasteiger partial charge in [-0.25, -0.2) is 0 Å². The van der Waals surface area contributed by atoms with Crippen LogP contribution < -0.4 is 5.73 Å². The van der Waals surface area contributed by atoms with E-state index in [4.69, 9.17) is 10.3 Å². The summed E-state index contributed by atoms with van der Waals surface area (Å²) in [5, 5.41) is 5.97. The molecular formula is C13H10BrN3OS. The van der Waals surface area contributed by atoms with Crippen LogP contribution in [0.15, 0.2) is 38.6 Å². The molecule has 19 heavy (non-hydrogen) atoms. The van der Waals surface area contributed by atoms with Gasteiger partial charge in [0.05, 0.1) is 5.69 Å². The normalized spacial score (nSPS) is 10.8. The van der Waals surface area contributed by atoms with Crippen LogP contribution in [0.25, 0.3) is 22.2 Å². The van der Waals surface area contributed by atoms with Gasteiger partial charge in [0.25, 0.3) is 5.89 Å². The summed E-state index contributed by atoms with van der Waals surface area (Å²) in [4.78, 5) is 5.22. The molecule has 2 N–H and O–H groups in total. The third-order valence-electron chi connectivity index (χ3n) is 2.75. The number of halogens is 1. The second kappa shape index (κ2) is 4.79. The van der Waals surface area contributed by atoms with Crippen LogP contribution in [-0.4, -0.2) is 10.1 Å². The quantitative estimate of drug-likeness (QED) is 0.765. The fourth-order valence-corrected chi connectivity index (χ4v) is 2.81. The molecule has 0 saturated carbocycles. The number of hydrogen-bond acceptors (Lipinski definition) is 5. The number of hydrogen-bond donors (Lipinski definition) is 1. The molecule has 0 aliphatic rings. The van der Waals surface area contributed by atoms with Gasteiger partial charge in [0.1, 0.15) is 4.88 Å². The first-order chi connectivity index (χ1) is 9.15. The first-order valence-electron chi connectivity index (χ1n) is 5.59. The second-order valence-corrected chi connectivity index (χ2v) is 5.89. The fraction of sp³-hybridized carbons (Fsp3) is 0.0769. The van der Waals surface area contributed by atoms with Gasteiger partial charge in [-0.05, 0) is 42.1 Å². The topological polar surface area (TPSA) is 64.9 Å². The summed E-state index contributed by atoms with van der Waals surface area (Å²) < 4.78 is 6.30. The Balaban J connectivity index is 2.00. The predicted molar refractivity (Wildman–Crippen MR) is 79.9 cm³/mol. The third-order valence-corrected chi connectivity index (χ3v) is 4.38. The standard InChI is InChI=1S/C13H10BrN3OS/c1-7-6-19-11(10(7)15)13-16-12(17-18-13)8-2-4-9(14)5-3-8/h2-6H,15H2,1H3. The minimum absolute atomic E-state index is 0.466. The summed E-state index contributed by atoms with van der Waals surface area (Å²) in [6.07, 6.45) is 0. The molecule has 0 aliphatic heterocycles. The van der Waals surface area contributed by atoms with Crippen molar-refractivity contribution in [3.63, 3.8) is 0 Å². The summed E-state index contributed by atoms with van der Waals surface area (Å²) in [5.41, 5.74) is 8.62. The SMILES string of the molecule is Cc1csc(-c2nc(-c3ccc(Br)cc3)no2)c1N. The van der Waals surface area contributed by atoms with Gasteiger partial charge in [0.2, 0.25) is 5.82 Å². The van der Waals surface area contributed by atoms with E-state index >= 15 is 0 Å². The van der Waals surface area contributed by atoms with E-state index in [2.05, 4.69) is 26.1 Å². The maximum atomic E-state index is 5.98. The Morgan fingerprint density at radius 1 is 1.26 bits per heavy atom. The van der Waals surface area contributed by atoms with Crippen LogP contribution in [0, 0.1) is 6.92 Å². The highest BCUT2D eigenvalue weighted by Gasteiger charge is 2.15. The lowest BCUT2D eigenvalue weighted by Crippen LogP contribution is -1.87. The van der Waals surface area contributed by atoms with Crippen molar-refractivity contribution in [3.8, 4) is 22.2 Å². The van der Waals surface area contributed by atoms with Crippen molar-refractivity contribution in [2.24, 2.45) is 0 Å². The molecule has 3 aromatic rings. The molecule has 0 atom stereocenters. The lowest BCUT2D eigenvalue weighted by atomic mass is 10.2. The fourth-order valence-electron chi connectivity index (χ4n) is 1.65. The summed E-state index contributed by atoms with van der Waals surface area (Å²) in [6, 6.07) is 7.74. The highest BCUT2D eigenvalue weighted by molar-refractivity contribution is 9.10. The number of aryl methyl sites for hydroxylation is 1. The van der Waals surface area contributed by atoms with Crippen molar-refractivity contribution < 1.29 is 4.52 Å². The van der Waals surface area contributed by atoms with Gasteiger partial charge in [0, 0.05) is 10.0 Å². The van der Waals surface area contributed by atoms with Crippen molar-refractivity contribution in [3.05, 3.63) is 39.7 Å². The van der Waals surface area contributed by atoms with Crippen molar-refractivity contribution in [2.75, 3.05) is 5.73 Å². The van der Waals surface area contributed by atoms with Gasteiger partial charge in [-0.3, -0.25) is 0 Å². The van der Waals surface area contributed by atoms with Crippen molar-refractivity contribution in [1.82, 2.24) is 10.1 Å². The van der Waals surface area contributed by atoms with Crippen LogP contribution in [0.5, 0.6) is 0 Å². The maximum Gasteiger partial charge on any atom is 0.270 e. The monoisotopic (exact) mass is 335 g/mol. The van der Waals surface area contributed by atoms with Gasteiger partial charge in [-0.1, -0.05) is 21.1 Å². The summed E-state index contributed by atoms with van der Waals surface area (Å²) in [5.74, 6) is 1.03. The molecule has 0 spiro atoms.